The highest BCUT2D eigenvalue weighted by atomic mass is 32.1. The zero-order valence-electron chi connectivity index (χ0n) is 20.7. The van der Waals surface area contributed by atoms with Crippen LogP contribution in [0.15, 0.2) is 35.7 Å². The number of nitrogens with one attached hydrogen (secondary N) is 1. The molecule has 0 saturated heterocycles. The standard InChI is InChI=1S/C26H37N3O3S/c1-7-28(25(31)27-26(4,5)6)16-24(30)29-14-12-23-21(13-15-33-23)22(29)17-32-20-10-8-19(9-11-20)18(2)3/h8-11,13,15,18,22H,7,12,14,16-17H2,1-6H3,(H,27,31). The van der Waals surface area contributed by atoms with Crippen molar-refractivity contribution in [2.75, 3.05) is 26.2 Å². The normalized spacial score (nSPS) is 15.8. The van der Waals surface area contributed by atoms with Crippen LogP contribution in [0.4, 0.5) is 4.79 Å². The molecule has 0 spiro atoms. The highest BCUT2D eigenvalue weighted by molar-refractivity contribution is 7.10. The fourth-order valence-electron chi connectivity index (χ4n) is 3.98. The molecule has 180 valence electrons. The highest BCUT2D eigenvalue weighted by Gasteiger charge is 2.33. The molecule has 0 radical (unpaired) electrons. The Morgan fingerprint density at radius 3 is 2.52 bits per heavy atom. The molecule has 0 bridgehead atoms. The predicted octanol–water partition coefficient (Wildman–Crippen LogP) is 5.21. The average Bonchev–Trinajstić information content (AvgIpc) is 3.23. The summed E-state index contributed by atoms with van der Waals surface area (Å²) in [6.45, 7) is 13.6. The Morgan fingerprint density at radius 1 is 1.21 bits per heavy atom. The number of ether oxygens (including phenoxy) is 1. The Labute approximate surface area is 201 Å². The van der Waals surface area contributed by atoms with Gasteiger partial charge in [-0.05, 0) is 74.7 Å². The van der Waals surface area contributed by atoms with Crippen molar-refractivity contribution in [3.05, 3.63) is 51.7 Å². The molecule has 1 aliphatic rings. The molecule has 1 N–H and O–H groups in total. The lowest BCUT2D eigenvalue weighted by Crippen LogP contribution is -2.52. The summed E-state index contributed by atoms with van der Waals surface area (Å²) in [6, 6.07) is 9.88. The average molecular weight is 472 g/mol. The number of thiophene rings is 1. The molecule has 6 nitrogen and oxygen atoms in total. The van der Waals surface area contributed by atoms with Crippen LogP contribution >= 0.6 is 11.3 Å². The molecule has 1 unspecified atom stereocenters. The van der Waals surface area contributed by atoms with Crippen molar-refractivity contribution in [2.45, 2.75) is 65.5 Å². The van der Waals surface area contributed by atoms with Crippen molar-refractivity contribution in [3.8, 4) is 5.75 Å². The van der Waals surface area contributed by atoms with E-state index in [4.69, 9.17) is 4.74 Å². The third-order valence-electron chi connectivity index (χ3n) is 5.85. The van der Waals surface area contributed by atoms with E-state index in [0.29, 0.717) is 25.6 Å². The van der Waals surface area contributed by atoms with Gasteiger partial charge in [0, 0.05) is 23.5 Å². The Bertz CT molecular complexity index is 946. The molecule has 2 heterocycles. The van der Waals surface area contributed by atoms with Crippen molar-refractivity contribution in [1.82, 2.24) is 15.1 Å². The summed E-state index contributed by atoms with van der Waals surface area (Å²) in [5, 5.41) is 5.03. The summed E-state index contributed by atoms with van der Waals surface area (Å²) >= 11 is 1.73. The van der Waals surface area contributed by atoms with Gasteiger partial charge in [-0.3, -0.25) is 4.79 Å². The van der Waals surface area contributed by atoms with Gasteiger partial charge in [-0.2, -0.15) is 0 Å². The summed E-state index contributed by atoms with van der Waals surface area (Å²) < 4.78 is 6.15. The minimum Gasteiger partial charge on any atom is -0.491 e. The second-order valence-electron chi connectivity index (χ2n) is 9.88. The van der Waals surface area contributed by atoms with Crippen molar-refractivity contribution in [2.24, 2.45) is 0 Å². The van der Waals surface area contributed by atoms with Gasteiger partial charge < -0.3 is 19.9 Å². The molecule has 33 heavy (non-hydrogen) atoms. The number of nitrogens with zero attached hydrogens (tertiary/aromatic N) is 2. The van der Waals surface area contributed by atoms with Crippen LogP contribution in [0.3, 0.4) is 0 Å². The number of hydrogen-bond acceptors (Lipinski definition) is 4. The van der Waals surface area contributed by atoms with Gasteiger partial charge in [0.15, 0.2) is 0 Å². The van der Waals surface area contributed by atoms with E-state index in [0.717, 1.165) is 17.7 Å². The predicted molar refractivity (Wildman–Crippen MR) is 134 cm³/mol. The molecule has 1 atom stereocenters. The number of urea groups is 1. The van der Waals surface area contributed by atoms with Crippen molar-refractivity contribution < 1.29 is 14.3 Å². The number of carbonyl (C=O) groups excluding carboxylic acids is 2. The van der Waals surface area contributed by atoms with Gasteiger partial charge >= 0.3 is 6.03 Å². The summed E-state index contributed by atoms with van der Waals surface area (Å²) in [7, 11) is 0. The van der Waals surface area contributed by atoms with Crippen LogP contribution in [0.5, 0.6) is 5.75 Å². The Kier molecular flexibility index (Phi) is 8.05. The molecule has 0 aliphatic carbocycles. The fourth-order valence-corrected chi connectivity index (χ4v) is 4.91. The second kappa shape index (κ2) is 10.6. The summed E-state index contributed by atoms with van der Waals surface area (Å²) in [4.78, 5) is 30.8. The number of carbonyl (C=O) groups is 2. The van der Waals surface area contributed by atoms with E-state index in [9.17, 15) is 9.59 Å². The molecule has 3 rings (SSSR count). The van der Waals surface area contributed by atoms with E-state index in [1.807, 2.05) is 44.7 Å². The monoisotopic (exact) mass is 471 g/mol. The Hall–Kier alpha value is -2.54. The van der Waals surface area contributed by atoms with E-state index in [2.05, 4.69) is 42.7 Å². The maximum absolute atomic E-state index is 13.4. The lowest BCUT2D eigenvalue weighted by molar-refractivity contribution is -0.135. The van der Waals surface area contributed by atoms with E-state index >= 15 is 0 Å². The third-order valence-corrected chi connectivity index (χ3v) is 6.84. The van der Waals surface area contributed by atoms with E-state index in [-0.39, 0.29) is 30.1 Å². The Morgan fingerprint density at radius 2 is 1.91 bits per heavy atom. The molecule has 0 saturated carbocycles. The van der Waals surface area contributed by atoms with E-state index < -0.39 is 0 Å². The number of rotatable bonds is 7. The SMILES string of the molecule is CCN(CC(=O)N1CCc2sccc2C1COc1ccc(C(C)C)cc1)C(=O)NC(C)(C)C. The zero-order valence-corrected chi connectivity index (χ0v) is 21.5. The van der Waals surface area contributed by atoms with Crippen LogP contribution in [0.25, 0.3) is 0 Å². The van der Waals surface area contributed by atoms with Crippen LogP contribution in [0.2, 0.25) is 0 Å². The van der Waals surface area contributed by atoms with Crippen molar-refractivity contribution in [3.63, 3.8) is 0 Å². The molecular formula is C26H37N3O3S. The first kappa shape index (κ1) is 25.1. The number of amides is 3. The second-order valence-corrected chi connectivity index (χ2v) is 10.9. The number of benzene rings is 1. The first-order valence-corrected chi connectivity index (χ1v) is 12.6. The molecule has 3 amide bonds. The summed E-state index contributed by atoms with van der Waals surface area (Å²) in [5.74, 6) is 1.21. The van der Waals surface area contributed by atoms with Crippen molar-refractivity contribution in [1.29, 1.82) is 0 Å². The van der Waals surface area contributed by atoms with Gasteiger partial charge in [0.25, 0.3) is 0 Å². The fraction of sp³-hybridized carbons (Fsp3) is 0.538. The Balaban J connectivity index is 1.72. The first-order chi connectivity index (χ1) is 15.6. The smallest absolute Gasteiger partial charge is 0.318 e. The van der Waals surface area contributed by atoms with Gasteiger partial charge in [0.05, 0.1) is 6.04 Å². The lowest BCUT2D eigenvalue weighted by Gasteiger charge is -2.37. The van der Waals surface area contributed by atoms with E-state index in [1.54, 1.807) is 16.2 Å². The maximum atomic E-state index is 13.4. The quantitative estimate of drug-likeness (QED) is 0.603. The van der Waals surface area contributed by atoms with Gasteiger partial charge in [0.1, 0.15) is 18.9 Å². The number of likely N-dealkylation sites (N-methyl/N-ethyl adjacent to an activating group) is 1. The first-order valence-electron chi connectivity index (χ1n) is 11.7. The zero-order chi connectivity index (χ0) is 24.2. The molecule has 0 fully saturated rings. The van der Waals surface area contributed by atoms with Crippen LogP contribution in [0.1, 0.15) is 69.5 Å². The van der Waals surface area contributed by atoms with Crippen LogP contribution in [0, 0.1) is 0 Å². The minimum absolute atomic E-state index is 0.0530. The maximum Gasteiger partial charge on any atom is 0.318 e. The van der Waals surface area contributed by atoms with Crippen LogP contribution < -0.4 is 10.1 Å². The molecule has 1 aromatic heterocycles. The van der Waals surface area contributed by atoms with Gasteiger partial charge in [-0.15, -0.1) is 11.3 Å². The topological polar surface area (TPSA) is 61.9 Å². The van der Waals surface area contributed by atoms with Crippen molar-refractivity contribution >= 4 is 23.3 Å². The van der Waals surface area contributed by atoms with Gasteiger partial charge in [-0.1, -0.05) is 26.0 Å². The third kappa shape index (κ3) is 6.50. The molecule has 1 aromatic carbocycles. The molecular weight excluding hydrogens is 434 g/mol. The number of hydrogen-bond donors (Lipinski definition) is 1. The van der Waals surface area contributed by atoms with Crippen LogP contribution in [-0.2, 0) is 11.2 Å². The largest absolute Gasteiger partial charge is 0.491 e. The highest BCUT2D eigenvalue weighted by Crippen LogP contribution is 2.34. The minimum atomic E-state index is -0.355. The van der Waals surface area contributed by atoms with Crippen LogP contribution in [-0.4, -0.2) is 53.5 Å². The lowest BCUT2D eigenvalue weighted by atomic mass is 10.00. The van der Waals surface area contributed by atoms with E-state index in [1.165, 1.54) is 10.4 Å². The summed E-state index contributed by atoms with van der Waals surface area (Å²) in [5.41, 5.74) is 2.07. The molecule has 7 heteroatoms. The molecule has 2 aromatic rings. The molecule has 1 aliphatic heterocycles. The van der Waals surface area contributed by atoms with Gasteiger partial charge in [-0.25, -0.2) is 4.79 Å². The summed E-state index contributed by atoms with van der Waals surface area (Å²) in [6.07, 6.45) is 0.832. The van der Waals surface area contributed by atoms with Gasteiger partial charge in [0.2, 0.25) is 5.91 Å². The number of fused-ring (bicyclic) bond motifs is 1.